The minimum Gasteiger partial charge on any atom is -0.434 e. The summed E-state index contributed by atoms with van der Waals surface area (Å²) in [5.41, 5.74) is 5.29. The monoisotopic (exact) mass is 359 g/mol. The smallest absolute Gasteiger partial charge is 0.387 e. The molecule has 3 nitrogen and oxygen atoms in total. The first-order chi connectivity index (χ1) is 12.5. The van der Waals surface area contributed by atoms with Gasteiger partial charge in [0.15, 0.2) is 0 Å². The predicted molar refractivity (Wildman–Crippen MR) is 93.1 cm³/mol. The zero-order chi connectivity index (χ0) is 18.5. The van der Waals surface area contributed by atoms with Crippen molar-refractivity contribution in [3.63, 3.8) is 0 Å². The maximum atomic E-state index is 13.0. The maximum absolute atomic E-state index is 13.0. The first-order valence-corrected chi connectivity index (χ1v) is 7.88. The van der Waals surface area contributed by atoms with Gasteiger partial charge in [0.1, 0.15) is 11.6 Å². The molecule has 0 radical (unpaired) electrons. The molecule has 0 aliphatic rings. The van der Waals surface area contributed by atoms with Crippen LogP contribution in [0.4, 0.5) is 18.9 Å². The molecule has 0 heterocycles. The number of anilines is 1. The van der Waals surface area contributed by atoms with Crippen LogP contribution in [-0.2, 0) is 6.42 Å². The molecule has 2 N–H and O–H groups in total. The number of hydrogen-bond donors (Lipinski definition) is 2. The SMILES string of the molecule is ONc1cccc(-c2cc(Cc3ccc(F)cc3)ccc2OC(F)F)c1. The topological polar surface area (TPSA) is 41.5 Å². The summed E-state index contributed by atoms with van der Waals surface area (Å²) in [5.74, 6) is -0.276. The van der Waals surface area contributed by atoms with Gasteiger partial charge in [-0.3, -0.25) is 10.7 Å². The molecule has 26 heavy (non-hydrogen) atoms. The second-order valence-corrected chi connectivity index (χ2v) is 5.70. The van der Waals surface area contributed by atoms with Gasteiger partial charge in [0.2, 0.25) is 0 Å². The summed E-state index contributed by atoms with van der Waals surface area (Å²) in [7, 11) is 0. The van der Waals surface area contributed by atoms with E-state index in [4.69, 9.17) is 5.21 Å². The van der Waals surface area contributed by atoms with E-state index in [0.29, 0.717) is 23.2 Å². The molecule has 0 atom stereocenters. The quantitative estimate of drug-likeness (QED) is 0.572. The van der Waals surface area contributed by atoms with Crippen LogP contribution in [0.25, 0.3) is 11.1 Å². The van der Waals surface area contributed by atoms with Crippen molar-refractivity contribution in [3.8, 4) is 16.9 Å². The van der Waals surface area contributed by atoms with Crippen LogP contribution in [0, 0.1) is 5.82 Å². The number of halogens is 3. The molecule has 0 spiro atoms. The second-order valence-electron chi connectivity index (χ2n) is 5.70. The van der Waals surface area contributed by atoms with Crippen molar-refractivity contribution in [2.75, 3.05) is 5.48 Å². The molecular weight excluding hydrogens is 343 g/mol. The molecule has 3 aromatic rings. The standard InChI is InChI=1S/C20H16F3NO2/c21-16-7-4-13(5-8-16)10-14-6-9-19(26-20(22)23)18(11-14)15-2-1-3-17(12-15)24-25/h1-9,11-12,20,24-25H,10H2. The predicted octanol–water partition coefficient (Wildman–Crippen LogP) is 5.49. The maximum Gasteiger partial charge on any atom is 0.387 e. The fourth-order valence-electron chi connectivity index (χ4n) is 2.71. The Kier molecular flexibility index (Phi) is 5.43. The average Bonchev–Trinajstić information content (AvgIpc) is 2.64. The Labute approximate surface area is 148 Å². The summed E-state index contributed by atoms with van der Waals surface area (Å²) >= 11 is 0. The number of nitrogens with one attached hydrogen (secondary N) is 1. The third kappa shape index (κ3) is 4.34. The van der Waals surface area contributed by atoms with Gasteiger partial charge >= 0.3 is 6.61 Å². The number of hydrogen-bond acceptors (Lipinski definition) is 3. The van der Waals surface area contributed by atoms with E-state index < -0.39 is 6.61 Å². The lowest BCUT2D eigenvalue weighted by atomic mass is 9.98. The molecule has 0 unspecified atom stereocenters. The minimum atomic E-state index is -2.95. The zero-order valence-electron chi connectivity index (χ0n) is 13.6. The molecule has 0 fully saturated rings. The molecule has 0 aromatic heterocycles. The van der Waals surface area contributed by atoms with Crippen LogP contribution in [0.5, 0.6) is 5.75 Å². The highest BCUT2D eigenvalue weighted by atomic mass is 19.3. The van der Waals surface area contributed by atoms with Crippen molar-refractivity contribution >= 4 is 5.69 Å². The molecule has 0 bridgehead atoms. The van der Waals surface area contributed by atoms with Crippen molar-refractivity contribution in [1.29, 1.82) is 0 Å². The Morgan fingerprint density at radius 1 is 0.923 bits per heavy atom. The fourth-order valence-corrected chi connectivity index (χ4v) is 2.71. The van der Waals surface area contributed by atoms with E-state index in [0.717, 1.165) is 11.1 Å². The van der Waals surface area contributed by atoms with Crippen molar-refractivity contribution in [3.05, 3.63) is 83.7 Å². The molecule has 134 valence electrons. The lowest BCUT2D eigenvalue weighted by Crippen LogP contribution is -2.04. The van der Waals surface area contributed by atoms with E-state index in [1.165, 1.54) is 18.2 Å². The molecule has 0 saturated carbocycles. The van der Waals surface area contributed by atoms with Crippen LogP contribution in [0.3, 0.4) is 0 Å². The Balaban J connectivity index is 1.99. The molecule has 3 rings (SSSR count). The van der Waals surface area contributed by atoms with Crippen molar-refractivity contribution < 1.29 is 23.1 Å². The molecular formula is C20H16F3NO2. The zero-order valence-corrected chi connectivity index (χ0v) is 13.6. The Hall–Kier alpha value is -2.99. The van der Waals surface area contributed by atoms with Crippen LogP contribution in [0.15, 0.2) is 66.7 Å². The van der Waals surface area contributed by atoms with E-state index in [2.05, 4.69) is 4.74 Å². The lowest BCUT2D eigenvalue weighted by Gasteiger charge is -2.14. The number of ether oxygens (including phenoxy) is 1. The van der Waals surface area contributed by atoms with Gasteiger partial charge in [-0.05, 0) is 59.5 Å². The molecule has 3 aromatic carbocycles. The van der Waals surface area contributed by atoms with Gasteiger partial charge in [0, 0.05) is 5.56 Å². The highest BCUT2D eigenvalue weighted by Crippen LogP contribution is 2.34. The second kappa shape index (κ2) is 7.93. The summed E-state index contributed by atoms with van der Waals surface area (Å²) in [5, 5.41) is 9.06. The average molecular weight is 359 g/mol. The number of rotatable bonds is 6. The summed E-state index contributed by atoms with van der Waals surface area (Å²) < 4.78 is 43.1. The van der Waals surface area contributed by atoms with Gasteiger partial charge in [0.05, 0.1) is 5.69 Å². The highest BCUT2D eigenvalue weighted by Gasteiger charge is 2.13. The van der Waals surface area contributed by atoms with Crippen molar-refractivity contribution in [1.82, 2.24) is 0 Å². The third-order valence-electron chi connectivity index (χ3n) is 3.88. The van der Waals surface area contributed by atoms with Gasteiger partial charge in [-0.2, -0.15) is 8.78 Å². The molecule has 0 aliphatic carbocycles. The Bertz CT molecular complexity index is 882. The van der Waals surface area contributed by atoms with Crippen LogP contribution < -0.4 is 10.2 Å². The van der Waals surface area contributed by atoms with Crippen LogP contribution in [0.1, 0.15) is 11.1 Å². The number of alkyl halides is 2. The minimum absolute atomic E-state index is 0.0398. The highest BCUT2D eigenvalue weighted by molar-refractivity contribution is 5.74. The Morgan fingerprint density at radius 3 is 2.35 bits per heavy atom. The van der Waals surface area contributed by atoms with E-state index in [1.54, 1.807) is 48.5 Å². The van der Waals surface area contributed by atoms with Crippen molar-refractivity contribution in [2.45, 2.75) is 13.0 Å². The largest absolute Gasteiger partial charge is 0.434 e. The summed E-state index contributed by atoms with van der Waals surface area (Å²) in [6, 6.07) is 17.7. The van der Waals surface area contributed by atoms with Gasteiger partial charge in [-0.25, -0.2) is 4.39 Å². The van der Waals surface area contributed by atoms with E-state index in [1.807, 2.05) is 5.48 Å². The first kappa shape index (κ1) is 17.8. The fraction of sp³-hybridized carbons (Fsp3) is 0.100. The molecule has 6 heteroatoms. The van der Waals surface area contributed by atoms with E-state index >= 15 is 0 Å². The van der Waals surface area contributed by atoms with Crippen LogP contribution in [-0.4, -0.2) is 11.8 Å². The van der Waals surface area contributed by atoms with Crippen LogP contribution in [0.2, 0.25) is 0 Å². The lowest BCUT2D eigenvalue weighted by molar-refractivity contribution is -0.0494. The summed E-state index contributed by atoms with van der Waals surface area (Å²) in [4.78, 5) is 0. The number of benzene rings is 3. The van der Waals surface area contributed by atoms with Gasteiger partial charge < -0.3 is 4.74 Å². The third-order valence-corrected chi connectivity index (χ3v) is 3.88. The van der Waals surface area contributed by atoms with Crippen molar-refractivity contribution in [2.24, 2.45) is 0 Å². The van der Waals surface area contributed by atoms with Gasteiger partial charge in [0.25, 0.3) is 0 Å². The first-order valence-electron chi connectivity index (χ1n) is 7.88. The van der Waals surface area contributed by atoms with Gasteiger partial charge in [-0.15, -0.1) is 0 Å². The molecule has 0 aliphatic heterocycles. The van der Waals surface area contributed by atoms with Crippen LogP contribution >= 0.6 is 0 Å². The normalized spacial score (nSPS) is 10.8. The molecule has 0 amide bonds. The van der Waals surface area contributed by atoms with Gasteiger partial charge in [-0.1, -0.05) is 30.3 Å². The van der Waals surface area contributed by atoms with E-state index in [9.17, 15) is 13.2 Å². The molecule has 0 saturated heterocycles. The van der Waals surface area contributed by atoms with E-state index in [-0.39, 0.29) is 11.6 Å². The Morgan fingerprint density at radius 2 is 1.65 bits per heavy atom. The summed E-state index contributed by atoms with van der Waals surface area (Å²) in [6.07, 6.45) is 0.514. The summed E-state index contributed by atoms with van der Waals surface area (Å²) in [6.45, 7) is -2.95.